The SMILES string of the molecule is CCC1CCCCN1S(=O)(=O)c1ccc(S(=O)(=O)N2CCC(c3nnc(-c4ccc(C)cc4)o3)CC2)cc1. The van der Waals surface area contributed by atoms with Crippen molar-refractivity contribution in [3.63, 3.8) is 0 Å². The highest BCUT2D eigenvalue weighted by Crippen LogP contribution is 2.32. The van der Waals surface area contributed by atoms with Gasteiger partial charge in [-0.05, 0) is 75.4 Å². The van der Waals surface area contributed by atoms with Gasteiger partial charge in [-0.3, -0.25) is 0 Å². The molecule has 2 aliphatic heterocycles. The van der Waals surface area contributed by atoms with E-state index in [2.05, 4.69) is 10.2 Å². The maximum atomic E-state index is 13.3. The van der Waals surface area contributed by atoms with Crippen molar-refractivity contribution < 1.29 is 21.3 Å². The normalized spacial score (nSPS) is 20.5. The predicted molar refractivity (Wildman–Crippen MR) is 143 cm³/mol. The molecule has 204 valence electrons. The average molecular weight is 559 g/mol. The Kier molecular flexibility index (Phi) is 7.72. The summed E-state index contributed by atoms with van der Waals surface area (Å²) < 4.78 is 62.1. The molecule has 0 N–H and O–H groups in total. The number of piperidine rings is 2. The fourth-order valence-corrected chi connectivity index (χ4v) is 8.56. The molecule has 0 amide bonds. The molecule has 2 saturated heterocycles. The van der Waals surface area contributed by atoms with Gasteiger partial charge in [0.1, 0.15) is 0 Å². The number of rotatable bonds is 7. The quantitative estimate of drug-likeness (QED) is 0.417. The third-order valence-electron chi connectivity index (χ3n) is 7.65. The van der Waals surface area contributed by atoms with E-state index < -0.39 is 20.0 Å². The molecule has 2 fully saturated rings. The molecule has 11 heteroatoms. The van der Waals surface area contributed by atoms with Gasteiger partial charge in [0.15, 0.2) is 0 Å². The zero-order valence-electron chi connectivity index (χ0n) is 21.8. The molecular formula is C27H34N4O5S2. The molecule has 1 unspecified atom stereocenters. The van der Waals surface area contributed by atoms with Crippen molar-refractivity contribution in [2.24, 2.45) is 0 Å². The summed E-state index contributed by atoms with van der Waals surface area (Å²) in [5.74, 6) is 0.965. The van der Waals surface area contributed by atoms with Gasteiger partial charge < -0.3 is 4.42 Å². The second kappa shape index (κ2) is 10.9. The van der Waals surface area contributed by atoms with E-state index in [-0.39, 0.29) is 21.8 Å². The van der Waals surface area contributed by atoms with Crippen LogP contribution in [0.2, 0.25) is 0 Å². The molecule has 0 spiro atoms. The van der Waals surface area contributed by atoms with E-state index in [0.29, 0.717) is 44.3 Å². The number of nitrogens with zero attached hydrogens (tertiary/aromatic N) is 4. The van der Waals surface area contributed by atoms with E-state index in [1.165, 1.54) is 28.6 Å². The third-order valence-corrected chi connectivity index (χ3v) is 11.5. The molecule has 1 aromatic heterocycles. The molecule has 0 aliphatic carbocycles. The molecule has 2 aliphatic rings. The van der Waals surface area contributed by atoms with Gasteiger partial charge >= 0.3 is 0 Å². The van der Waals surface area contributed by atoms with Crippen LogP contribution in [0.4, 0.5) is 0 Å². The summed E-state index contributed by atoms with van der Waals surface area (Å²) in [5, 5.41) is 8.40. The van der Waals surface area contributed by atoms with Crippen LogP contribution in [0, 0.1) is 6.92 Å². The molecule has 5 rings (SSSR count). The zero-order valence-corrected chi connectivity index (χ0v) is 23.4. The van der Waals surface area contributed by atoms with E-state index in [1.807, 2.05) is 38.1 Å². The number of sulfonamides is 2. The zero-order chi connectivity index (χ0) is 26.9. The van der Waals surface area contributed by atoms with Gasteiger partial charge in [-0.25, -0.2) is 16.8 Å². The van der Waals surface area contributed by atoms with Crippen molar-refractivity contribution in [3.05, 3.63) is 60.0 Å². The van der Waals surface area contributed by atoms with E-state index in [9.17, 15) is 16.8 Å². The molecule has 0 saturated carbocycles. The standard InChI is InChI=1S/C27H34N4O5S2/c1-3-23-6-4-5-17-31(23)38(34,35)25-13-11-24(12-14-25)37(32,33)30-18-15-22(16-19-30)27-29-28-26(36-27)21-9-7-20(2)8-10-21/h7-14,22-23H,3-6,15-19H2,1-2H3. The highest BCUT2D eigenvalue weighted by Gasteiger charge is 2.34. The molecule has 0 radical (unpaired) electrons. The monoisotopic (exact) mass is 558 g/mol. The van der Waals surface area contributed by atoms with Crippen molar-refractivity contribution in [2.45, 2.75) is 74.1 Å². The highest BCUT2D eigenvalue weighted by atomic mass is 32.2. The minimum atomic E-state index is -3.75. The van der Waals surface area contributed by atoms with Gasteiger partial charge in [-0.1, -0.05) is 31.0 Å². The summed E-state index contributed by atoms with van der Waals surface area (Å²) in [6.07, 6.45) is 4.62. The summed E-state index contributed by atoms with van der Waals surface area (Å²) in [6, 6.07) is 13.5. The van der Waals surface area contributed by atoms with Crippen molar-refractivity contribution in [1.29, 1.82) is 0 Å². The molecule has 3 aromatic rings. The first-order valence-corrected chi connectivity index (χ1v) is 16.1. The van der Waals surface area contributed by atoms with Gasteiger partial charge in [0.2, 0.25) is 31.8 Å². The minimum absolute atomic E-state index is 0.00900. The van der Waals surface area contributed by atoms with E-state index in [0.717, 1.165) is 36.8 Å². The summed E-state index contributed by atoms with van der Waals surface area (Å²) in [5.41, 5.74) is 2.00. The average Bonchev–Trinajstić information content (AvgIpc) is 3.44. The van der Waals surface area contributed by atoms with Gasteiger partial charge in [-0.2, -0.15) is 8.61 Å². The van der Waals surface area contributed by atoms with E-state index >= 15 is 0 Å². The number of aryl methyl sites for hydroxylation is 1. The van der Waals surface area contributed by atoms with Crippen LogP contribution >= 0.6 is 0 Å². The number of benzene rings is 2. The Bertz CT molecular complexity index is 1460. The predicted octanol–water partition coefficient (Wildman–Crippen LogP) is 4.57. The maximum absolute atomic E-state index is 13.3. The molecule has 2 aromatic carbocycles. The Balaban J connectivity index is 1.25. The fraction of sp³-hybridized carbons (Fsp3) is 0.481. The number of hydrogen-bond acceptors (Lipinski definition) is 7. The van der Waals surface area contributed by atoms with Crippen LogP contribution in [0.1, 0.15) is 62.8 Å². The van der Waals surface area contributed by atoms with Crippen molar-refractivity contribution >= 4 is 20.0 Å². The first-order valence-electron chi connectivity index (χ1n) is 13.2. The molecule has 1 atom stereocenters. The van der Waals surface area contributed by atoms with Crippen LogP contribution in [-0.4, -0.2) is 61.3 Å². The summed E-state index contributed by atoms with van der Waals surface area (Å²) in [7, 11) is -7.42. The molecule has 0 bridgehead atoms. The Hall–Kier alpha value is -2.60. The van der Waals surface area contributed by atoms with Crippen LogP contribution in [0.5, 0.6) is 0 Å². The van der Waals surface area contributed by atoms with Gasteiger partial charge in [0.05, 0.1) is 9.79 Å². The first-order chi connectivity index (χ1) is 18.2. The van der Waals surface area contributed by atoms with E-state index in [4.69, 9.17) is 4.42 Å². The minimum Gasteiger partial charge on any atom is -0.420 e. The van der Waals surface area contributed by atoms with Crippen LogP contribution in [0.15, 0.2) is 62.7 Å². The largest absolute Gasteiger partial charge is 0.420 e. The highest BCUT2D eigenvalue weighted by molar-refractivity contribution is 7.89. The summed E-state index contributed by atoms with van der Waals surface area (Å²) >= 11 is 0. The second-order valence-electron chi connectivity index (χ2n) is 10.1. The molecular weight excluding hydrogens is 524 g/mol. The van der Waals surface area contributed by atoms with E-state index in [1.54, 1.807) is 4.31 Å². The smallest absolute Gasteiger partial charge is 0.247 e. The molecule has 9 nitrogen and oxygen atoms in total. The van der Waals surface area contributed by atoms with Crippen molar-refractivity contribution in [3.8, 4) is 11.5 Å². The van der Waals surface area contributed by atoms with Crippen LogP contribution in [0.3, 0.4) is 0 Å². The molecule has 38 heavy (non-hydrogen) atoms. The van der Waals surface area contributed by atoms with Crippen LogP contribution < -0.4 is 0 Å². The van der Waals surface area contributed by atoms with Gasteiger partial charge in [-0.15, -0.1) is 10.2 Å². The second-order valence-corrected chi connectivity index (χ2v) is 14.0. The Morgan fingerprint density at radius 3 is 2.08 bits per heavy atom. The first kappa shape index (κ1) is 27.0. The summed E-state index contributed by atoms with van der Waals surface area (Å²) in [6.45, 7) is 5.15. The lowest BCUT2D eigenvalue weighted by Gasteiger charge is -2.34. The lowest BCUT2D eigenvalue weighted by Crippen LogP contribution is -2.43. The Morgan fingerprint density at radius 2 is 1.45 bits per heavy atom. The Labute approximate surface area is 225 Å². The number of hydrogen-bond donors (Lipinski definition) is 0. The fourth-order valence-electron chi connectivity index (χ4n) is 5.32. The lowest BCUT2D eigenvalue weighted by molar-refractivity contribution is 0.246. The van der Waals surface area contributed by atoms with Crippen LogP contribution in [0.25, 0.3) is 11.5 Å². The van der Waals surface area contributed by atoms with Crippen LogP contribution in [-0.2, 0) is 20.0 Å². The Morgan fingerprint density at radius 1 is 0.816 bits per heavy atom. The topological polar surface area (TPSA) is 114 Å². The third kappa shape index (κ3) is 5.29. The van der Waals surface area contributed by atoms with Crippen molar-refractivity contribution in [1.82, 2.24) is 18.8 Å². The molecule has 3 heterocycles. The van der Waals surface area contributed by atoms with Gasteiger partial charge in [0, 0.05) is 37.2 Å². The summed E-state index contributed by atoms with van der Waals surface area (Å²) in [4.78, 5) is 0.233. The van der Waals surface area contributed by atoms with Gasteiger partial charge in [0.25, 0.3) is 0 Å². The number of aromatic nitrogens is 2. The van der Waals surface area contributed by atoms with Crippen molar-refractivity contribution in [2.75, 3.05) is 19.6 Å². The lowest BCUT2D eigenvalue weighted by atomic mass is 9.98. The maximum Gasteiger partial charge on any atom is 0.247 e.